The zero-order valence-electron chi connectivity index (χ0n) is 9.72. The number of aliphatic carboxylic acids is 1. The Balaban J connectivity index is 2.07. The fourth-order valence-electron chi connectivity index (χ4n) is 1.93. The van der Waals surface area contributed by atoms with E-state index in [0.29, 0.717) is 10.7 Å². The van der Waals surface area contributed by atoms with Crippen LogP contribution in [0.4, 0.5) is 0 Å². The fourth-order valence-corrected chi connectivity index (χ4v) is 2.18. The number of carbonyl (C=O) groups excluding carboxylic acids is 1. The number of ether oxygens (including phenoxy) is 1. The second-order valence-corrected chi connectivity index (χ2v) is 4.65. The Morgan fingerprint density at radius 2 is 2.28 bits per heavy atom. The molecule has 18 heavy (non-hydrogen) atoms. The van der Waals surface area contributed by atoms with Crippen LogP contribution >= 0.6 is 11.6 Å². The molecule has 1 saturated heterocycles. The molecule has 2 rings (SSSR count). The van der Waals surface area contributed by atoms with Crippen LogP contribution in [0.5, 0.6) is 0 Å². The molecule has 0 aliphatic carbocycles. The van der Waals surface area contributed by atoms with E-state index in [2.05, 4.69) is 5.32 Å². The van der Waals surface area contributed by atoms with Gasteiger partial charge in [0.05, 0.1) is 24.3 Å². The molecule has 1 aromatic heterocycles. The predicted molar refractivity (Wildman–Crippen MR) is 63.6 cm³/mol. The maximum atomic E-state index is 12.0. The van der Waals surface area contributed by atoms with Crippen LogP contribution in [-0.2, 0) is 16.6 Å². The Hall–Kier alpha value is -1.53. The number of carbonyl (C=O) groups is 2. The van der Waals surface area contributed by atoms with Gasteiger partial charge in [-0.1, -0.05) is 11.6 Å². The summed E-state index contributed by atoms with van der Waals surface area (Å²) in [5.74, 6) is -2.03. The van der Waals surface area contributed by atoms with Gasteiger partial charge in [0.15, 0.2) is 0 Å². The first-order valence-electron chi connectivity index (χ1n) is 5.42. The summed E-state index contributed by atoms with van der Waals surface area (Å²) in [4.78, 5) is 22.9. The molecule has 7 heteroatoms. The number of hydrogen-bond donors (Lipinski definition) is 2. The first-order chi connectivity index (χ1) is 8.49. The second kappa shape index (κ2) is 4.99. The smallest absolute Gasteiger partial charge is 0.311 e. The average molecular weight is 273 g/mol. The van der Waals surface area contributed by atoms with Crippen molar-refractivity contribution in [2.45, 2.75) is 6.04 Å². The number of carboxylic acid groups (broad SMARTS) is 1. The van der Waals surface area contributed by atoms with Crippen molar-refractivity contribution in [3.63, 3.8) is 0 Å². The number of aryl methyl sites for hydroxylation is 1. The Labute approximate surface area is 108 Å². The normalized spacial score (nSPS) is 23.0. The van der Waals surface area contributed by atoms with Gasteiger partial charge in [-0.25, -0.2) is 0 Å². The number of amides is 1. The molecule has 1 amide bonds. The molecular formula is C11H13ClN2O4. The molecular weight excluding hydrogens is 260 g/mol. The van der Waals surface area contributed by atoms with Gasteiger partial charge in [0, 0.05) is 13.2 Å². The Bertz CT molecular complexity index is 485. The summed E-state index contributed by atoms with van der Waals surface area (Å²) < 4.78 is 6.66. The monoisotopic (exact) mass is 272 g/mol. The fraction of sp³-hybridized carbons (Fsp3) is 0.455. The van der Waals surface area contributed by atoms with Crippen LogP contribution in [0.1, 0.15) is 10.5 Å². The quantitative estimate of drug-likeness (QED) is 0.840. The minimum atomic E-state index is -0.970. The number of hydrogen-bond acceptors (Lipinski definition) is 3. The van der Waals surface area contributed by atoms with Gasteiger partial charge < -0.3 is 19.7 Å². The molecule has 1 aromatic rings. The molecule has 2 N–H and O–H groups in total. The maximum absolute atomic E-state index is 12.0. The van der Waals surface area contributed by atoms with Gasteiger partial charge >= 0.3 is 5.97 Å². The summed E-state index contributed by atoms with van der Waals surface area (Å²) >= 11 is 5.79. The predicted octanol–water partition coefficient (Wildman–Crippen LogP) is 0.508. The van der Waals surface area contributed by atoms with Crippen molar-refractivity contribution >= 4 is 23.5 Å². The Kier molecular flexibility index (Phi) is 3.58. The van der Waals surface area contributed by atoms with Gasteiger partial charge in [-0.15, -0.1) is 0 Å². The van der Waals surface area contributed by atoms with E-state index in [1.54, 1.807) is 17.8 Å². The highest BCUT2D eigenvalue weighted by Gasteiger charge is 2.35. The van der Waals surface area contributed by atoms with Crippen molar-refractivity contribution in [2.75, 3.05) is 13.2 Å². The van der Waals surface area contributed by atoms with Gasteiger partial charge in [-0.3, -0.25) is 9.59 Å². The van der Waals surface area contributed by atoms with E-state index in [0.717, 1.165) is 0 Å². The lowest BCUT2D eigenvalue weighted by atomic mass is 10.0. The molecule has 2 unspecified atom stereocenters. The van der Waals surface area contributed by atoms with Crippen molar-refractivity contribution in [1.82, 2.24) is 9.88 Å². The third kappa shape index (κ3) is 2.49. The van der Waals surface area contributed by atoms with Gasteiger partial charge in [0.2, 0.25) is 0 Å². The van der Waals surface area contributed by atoms with Crippen LogP contribution in [0, 0.1) is 5.92 Å². The van der Waals surface area contributed by atoms with E-state index >= 15 is 0 Å². The molecule has 1 aliphatic rings. The van der Waals surface area contributed by atoms with Crippen LogP contribution < -0.4 is 5.32 Å². The summed E-state index contributed by atoms with van der Waals surface area (Å²) in [6, 6.07) is 1.02. The van der Waals surface area contributed by atoms with E-state index in [1.807, 2.05) is 0 Å². The third-order valence-electron chi connectivity index (χ3n) is 2.92. The van der Waals surface area contributed by atoms with Crippen LogP contribution in [0.2, 0.25) is 5.02 Å². The summed E-state index contributed by atoms with van der Waals surface area (Å²) in [6.07, 6.45) is 1.61. The van der Waals surface area contributed by atoms with Crippen LogP contribution in [0.15, 0.2) is 12.3 Å². The zero-order chi connectivity index (χ0) is 13.3. The zero-order valence-corrected chi connectivity index (χ0v) is 10.5. The van der Waals surface area contributed by atoms with E-state index in [-0.39, 0.29) is 19.1 Å². The molecule has 0 saturated carbocycles. The number of rotatable bonds is 3. The molecule has 2 atom stereocenters. The molecule has 1 aliphatic heterocycles. The van der Waals surface area contributed by atoms with Gasteiger partial charge in [0.25, 0.3) is 5.91 Å². The summed E-state index contributed by atoms with van der Waals surface area (Å²) in [7, 11) is 1.70. The number of carboxylic acids is 1. The van der Waals surface area contributed by atoms with E-state index < -0.39 is 17.9 Å². The van der Waals surface area contributed by atoms with E-state index in [9.17, 15) is 9.59 Å². The standard InChI is InChI=1S/C11H13ClN2O4/c1-14-3-6(12)2-9(14)10(15)13-8-5-18-4-7(8)11(16)17/h2-3,7-8H,4-5H2,1H3,(H,13,15)(H,16,17). The highest BCUT2D eigenvalue weighted by molar-refractivity contribution is 6.31. The molecule has 2 heterocycles. The molecule has 0 bridgehead atoms. The highest BCUT2D eigenvalue weighted by atomic mass is 35.5. The van der Waals surface area contributed by atoms with Crippen molar-refractivity contribution in [3.8, 4) is 0 Å². The molecule has 1 fully saturated rings. The lowest BCUT2D eigenvalue weighted by Gasteiger charge is -2.15. The average Bonchev–Trinajstić information content (AvgIpc) is 2.85. The number of nitrogens with one attached hydrogen (secondary N) is 1. The molecule has 6 nitrogen and oxygen atoms in total. The SMILES string of the molecule is Cn1cc(Cl)cc1C(=O)NC1COCC1C(=O)O. The second-order valence-electron chi connectivity index (χ2n) is 4.22. The molecule has 0 aromatic carbocycles. The van der Waals surface area contributed by atoms with Crippen LogP contribution in [-0.4, -0.2) is 40.8 Å². The number of halogens is 1. The van der Waals surface area contributed by atoms with Gasteiger partial charge in [-0.2, -0.15) is 0 Å². The molecule has 0 spiro atoms. The highest BCUT2D eigenvalue weighted by Crippen LogP contribution is 2.16. The minimum absolute atomic E-state index is 0.119. The van der Waals surface area contributed by atoms with Crippen LogP contribution in [0.3, 0.4) is 0 Å². The lowest BCUT2D eigenvalue weighted by molar-refractivity contribution is -0.142. The minimum Gasteiger partial charge on any atom is -0.481 e. The molecule has 0 radical (unpaired) electrons. The lowest BCUT2D eigenvalue weighted by Crippen LogP contribution is -2.43. The van der Waals surface area contributed by atoms with Crippen LogP contribution in [0.25, 0.3) is 0 Å². The summed E-state index contributed by atoms with van der Waals surface area (Å²) in [5, 5.41) is 12.1. The Morgan fingerprint density at radius 3 is 2.83 bits per heavy atom. The van der Waals surface area contributed by atoms with Gasteiger partial charge in [-0.05, 0) is 6.07 Å². The van der Waals surface area contributed by atoms with Crippen molar-refractivity contribution < 1.29 is 19.4 Å². The summed E-state index contributed by atoms with van der Waals surface area (Å²) in [6.45, 7) is 0.328. The summed E-state index contributed by atoms with van der Waals surface area (Å²) in [5.41, 5.74) is 0.385. The first kappa shape index (κ1) is 12.9. The van der Waals surface area contributed by atoms with E-state index in [4.69, 9.17) is 21.4 Å². The van der Waals surface area contributed by atoms with Crippen molar-refractivity contribution in [2.24, 2.45) is 13.0 Å². The first-order valence-corrected chi connectivity index (χ1v) is 5.80. The van der Waals surface area contributed by atoms with E-state index in [1.165, 1.54) is 6.07 Å². The topological polar surface area (TPSA) is 80.6 Å². The Morgan fingerprint density at radius 1 is 1.56 bits per heavy atom. The number of aromatic nitrogens is 1. The van der Waals surface area contributed by atoms with Gasteiger partial charge in [0.1, 0.15) is 11.6 Å². The third-order valence-corrected chi connectivity index (χ3v) is 3.13. The largest absolute Gasteiger partial charge is 0.481 e. The number of nitrogens with zero attached hydrogens (tertiary/aromatic N) is 1. The van der Waals surface area contributed by atoms with Crippen molar-refractivity contribution in [1.29, 1.82) is 0 Å². The molecule has 98 valence electrons. The van der Waals surface area contributed by atoms with Crippen molar-refractivity contribution in [3.05, 3.63) is 23.0 Å². The maximum Gasteiger partial charge on any atom is 0.311 e.